The molecule has 0 unspecified atom stereocenters. The summed E-state index contributed by atoms with van der Waals surface area (Å²) in [7, 11) is -3.50. The Kier molecular flexibility index (Phi) is 6.48. The molecule has 0 aliphatic carbocycles. The molecule has 0 bridgehead atoms. The highest BCUT2D eigenvalue weighted by Gasteiger charge is 2.20. The lowest BCUT2D eigenvalue weighted by molar-refractivity contribution is -0.121. The molecule has 1 N–H and O–H groups in total. The number of anilines is 1. The van der Waals surface area contributed by atoms with Crippen molar-refractivity contribution in [2.24, 2.45) is 5.92 Å². The SMILES string of the molecule is CC(C)CNC(=O)CCN(c1ccccc1Cl)S(C)(=O)=O. The summed E-state index contributed by atoms with van der Waals surface area (Å²) in [5.41, 5.74) is 0.387. The molecule has 0 aromatic heterocycles. The van der Waals surface area contributed by atoms with E-state index in [-0.39, 0.29) is 18.9 Å². The van der Waals surface area contributed by atoms with Crippen molar-refractivity contribution >= 4 is 33.2 Å². The van der Waals surface area contributed by atoms with Crippen molar-refractivity contribution in [2.75, 3.05) is 23.7 Å². The first-order valence-electron chi connectivity index (χ1n) is 6.70. The van der Waals surface area contributed by atoms with Crippen molar-refractivity contribution in [1.82, 2.24) is 5.32 Å². The van der Waals surface area contributed by atoms with E-state index in [1.165, 1.54) is 0 Å². The fraction of sp³-hybridized carbons (Fsp3) is 0.500. The zero-order valence-corrected chi connectivity index (χ0v) is 14.0. The summed E-state index contributed by atoms with van der Waals surface area (Å²) < 4.78 is 25.0. The quantitative estimate of drug-likeness (QED) is 0.833. The maximum atomic E-state index is 11.9. The number of amides is 1. The lowest BCUT2D eigenvalue weighted by atomic mass is 10.2. The lowest BCUT2D eigenvalue weighted by Crippen LogP contribution is -2.35. The van der Waals surface area contributed by atoms with Crippen LogP contribution in [0.1, 0.15) is 20.3 Å². The van der Waals surface area contributed by atoms with E-state index in [4.69, 9.17) is 11.6 Å². The Labute approximate surface area is 131 Å². The maximum Gasteiger partial charge on any atom is 0.232 e. The van der Waals surface area contributed by atoms with Gasteiger partial charge in [0.1, 0.15) is 0 Å². The number of carbonyl (C=O) groups excluding carboxylic acids is 1. The van der Waals surface area contributed by atoms with Gasteiger partial charge in [-0.15, -0.1) is 0 Å². The summed E-state index contributed by atoms with van der Waals surface area (Å²) in [5, 5.41) is 3.10. The van der Waals surface area contributed by atoms with Gasteiger partial charge in [0.15, 0.2) is 0 Å². The van der Waals surface area contributed by atoms with Gasteiger partial charge in [-0.1, -0.05) is 37.6 Å². The molecule has 21 heavy (non-hydrogen) atoms. The van der Waals surface area contributed by atoms with Gasteiger partial charge in [-0.05, 0) is 18.1 Å². The van der Waals surface area contributed by atoms with E-state index < -0.39 is 10.0 Å². The predicted octanol–water partition coefficient (Wildman–Crippen LogP) is 2.27. The monoisotopic (exact) mass is 332 g/mol. The molecule has 0 saturated heterocycles. The maximum absolute atomic E-state index is 11.9. The fourth-order valence-corrected chi connectivity index (χ4v) is 2.96. The van der Waals surface area contributed by atoms with E-state index in [0.29, 0.717) is 23.2 Å². The van der Waals surface area contributed by atoms with Gasteiger partial charge in [0.2, 0.25) is 15.9 Å². The molecular weight excluding hydrogens is 312 g/mol. The Hall–Kier alpha value is -1.27. The smallest absolute Gasteiger partial charge is 0.232 e. The lowest BCUT2D eigenvalue weighted by Gasteiger charge is -2.23. The number of hydrogen-bond acceptors (Lipinski definition) is 3. The van der Waals surface area contributed by atoms with Crippen LogP contribution in [0.2, 0.25) is 5.02 Å². The molecule has 0 aliphatic rings. The van der Waals surface area contributed by atoms with Crippen LogP contribution in [0.4, 0.5) is 5.69 Å². The molecule has 1 amide bonds. The number of para-hydroxylation sites is 1. The number of nitrogens with one attached hydrogen (secondary N) is 1. The van der Waals surface area contributed by atoms with Crippen molar-refractivity contribution in [3.63, 3.8) is 0 Å². The molecule has 0 saturated carbocycles. The number of benzene rings is 1. The van der Waals surface area contributed by atoms with Crippen LogP contribution in [0.25, 0.3) is 0 Å². The third-order valence-corrected chi connectivity index (χ3v) is 4.27. The number of nitrogens with zero attached hydrogens (tertiary/aromatic N) is 1. The van der Waals surface area contributed by atoms with Crippen LogP contribution < -0.4 is 9.62 Å². The third-order valence-electron chi connectivity index (χ3n) is 2.77. The Morgan fingerprint density at radius 3 is 2.48 bits per heavy atom. The number of carbonyl (C=O) groups is 1. The second-order valence-corrected chi connectivity index (χ2v) is 7.55. The molecule has 0 heterocycles. The third kappa shape index (κ3) is 5.93. The normalized spacial score (nSPS) is 11.5. The van der Waals surface area contributed by atoms with Gasteiger partial charge >= 0.3 is 0 Å². The molecule has 7 heteroatoms. The Bertz CT molecular complexity index is 588. The van der Waals surface area contributed by atoms with E-state index in [9.17, 15) is 13.2 Å². The number of rotatable bonds is 7. The topological polar surface area (TPSA) is 66.5 Å². The minimum absolute atomic E-state index is 0.0620. The molecular formula is C14H21ClN2O3S. The first-order chi connectivity index (χ1) is 9.71. The number of halogens is 1. The number of sulfonamides is 1. The van der Waals surface area contributed by atoms with E-state index in [1.807, 2.05) is 13.8 Å². The van der Waals surface area contributed by atoms with E-state index in [0.717, 1.165) is 10.6 Å². The zero-order valence-electron chi connectivity index (χ0n) is 12.5. The van der Waals surface area contributed by atoms with E-state index in [2.05, 4.69) is 5.32 Å². The predicted molar refractivity (Wildman–Crippen MR) is 86.1 cm³/mol. The van der Waals surface area contributed by atoms with Crippen LogP contribution in [0, 0.1) is 5.92 Å². The van der Waals surface area contributed by atoms with Crippen LogP contribution in [0.5, 0.6) is 0 Å². The van der Waals surface area contributed by atoms with Crippen LogP contribution >= 0.6 is 11.6 Å². The first-order valence-corrected chi connectivity index (χ1v) is 8.93. The summed E-state index contributed by atoms with van der Waals surface area (Å²) in [6.45, 7) is 4.62. The highest BCUT2D eigenvalue weighted by Crippen LogP contribution is 2.27. The zero-order chi connectivity index (χ0) is 16.0. The van der Waals surface area contributed by atoms with Gasteiger partial charge < -0.3 is 5.32 Å². The highest BCUT2D eigenvalue weighted by molar-refractivity contribution is 7.92. The van der Waals surface area contributed by atoms with Gasteiger partial charge in [0, 0.05) is 19.5 Å². The van der Waals surface area contributed by atoms with Crippen LogP contribution in [-0.2, 0) is 14.8 Å². The van der Waals surface area contributed by atoms with Crippen molar-refractivity contribution in [1.29, 1.82) is 0 Å². The minimum Gasteiger partial charge on any atom is -0.356 e. The molecule has 0 radical (unpaired) electrons. The van der Waals surface area contributed by atoms with Gasteiger partial charge in [0.25, 0.3) is 0 Å². The van der Waals surface area contributed by atoms with Crippen LogP contribution in [0.3, 0.4) is 0 Å². The minimum atomic E-state index is -3.50. The molecule has 5 nitrogen and oxygen atoms in total. The molecule has 0 fully saturated rings. The van der Waals surface area contributed by atoms with Crippen LogP contribution in [-0.4, -0.2) is 33.7 Å². The van der Waals surface area contributed by atoms with E-state index in [1.54, 1.807) is 24.3 Å². The highest BCUT2D eigenvalue weighted by atomic mass is 35.5. The molecule has 118 valence electrons. The number of hydrogen-bond donors (Lipinski definition) is 1. The standard InChI is InChI=1S/C14H21ClN2O3S/c1-11(2)10-16-14(18)8-9-17(21(3,19)20)13-7-5-4-6-12(13)15/h4-7,11H,8-10H2,1-3H3,(H,16,18). The molecule has 0 spiro atoms. The van der Waals surface area contributed by atoms with Gasteiger partial charge in [-0.25, -0.2) is 8.42 Å². The Morgan fingerprint density at radius 2 is 1.95 bits per heavy atom. The molecule has 0 atom stereocenters. The van der Waals surface area contributed by atoms with Crippen molar-refractivity contribution in [3.05, 3.63) is 29.3 Å². The largest absolute Gasteiger partial charge is 0.356 e. The molecule has 1 rings (SSSR count). The average Bonchev–Trinajstić information content (AvgIpc) is 2.37. The summed E-state index contributed by atoms with van der Waals surface area (Å²) >= 11 is 6.04. The van der Waals surface area contributed by atoms with Gasteiger partial charge in [0.05, 0.1) is 17.0 Å². The Morgan fingerprint density at radius 1 is 1.33 bits per heavy atom. The summed E-state index contributed by atoms with van der Waals surface area (Å²) in [5.74, 6) is 0.174. The summed E-state index contributed by atoms with van der Waals surface area (Å²) in [6.07, 6.45) is 1.19. The summed E-state index contributed by atoms with van der Waals surface area (Å²) in [4.78, 5) is 11.7. The van der Waals surface area contributed by atoms with Crippen molar-refractivity contribution in [2.45, 2.75) is 20.3 Å². The second kappa shape index (κ2) is 7.66. The van der Waals surface area contributed by atoms with Gasteiger partial charge in [-0.2, -0.15) is 0 Å². The first kappa shape index (κ1) is 17.8. The Balaban J connectivity index is 2.78. The van der Waals surface area contributed by atoms with Crippen molar-refractivity contribution in [3.8, 4) is 0 Å². The molecule has 1 aromatic carbocycles. The summed E-state index contributed by atoms with van der Waals surface area (Å²) in [6, 6.07) is 6.67. The molecule has 0 aliphatic heterocycles. The second-order valence-electron chi connectivity index (χ2n) is 5.23. The van der Waals surface area contributed by atoms with Crippen molar-refractivity contribution < 1.29 is 13.2 Å². The van der Waals surface area contributed by atoms with Gasteiger partial charge in [-0.3, -0.25) is 9.10 Å². The fourth-order valence-electron chi connectivity index (χ4n) is 1.73. The molecule has 1 aromatic rings. The average molecular weight is 333 g/mol. The van der Waals surface area contributed by atoms with E-state index >= 15 is 0 Å². The van der Waals surface area contributed by atoms with Crippen LogP contribution in [0.15, 0.2) is 24.3 Å².